The summed E-state index contributed by atoms with van der Waals surface area (Å²) in [5.74, 6) is 1.20. The van der Waals surface area contributed by atoms with Crippen molar-refractivity contribution in [2.45, 2.75) is 44.4 Å². The molecule has 2 nitrogen and oxygen atoms in total. The summed E-state index contributed by atoms with van der Waals surface area (Å²) in [6.07, 6.45) is 7.57. The molecule has 1 aromatic rings. The van der Waals surface area contributed by atoms with E-state index in [2.05, 4.69) is 31.0 Å². The number of nitrogens with two attached hydrogens (primary N) is 1. The van der Waals surface area contributed by atoms with Crippen molar-refractivity contribution in [3.8, 4) is 0 Å². The van der Waals surface area contributed by atoms with Gasteiger partial charge < -0.3 is 5.73 Å². The van der Waals surface area contributed by atoms with E-state index < -0.39 is 0 Å². The summed E-state index contributed by atoms with van der Waals surface area (Å²) in [5.41, 5.74) is 7.34. The second kappa shape index (κ2) is 7.69. The summed E-state index contributed by atoms with van der Waals surface area (Å²) in [6.45, 7) is 4.31. The fourth-order valence-electron chi connectivity index (χ4n) is 1.67. The fraction of sp³-hybridized carbons (Fsp3) is 0.615. The molecular formula is C13H22N2S. The van der Waals surface area contributed by atoms with Crippen molar-refractivity contribution in [2.24, 2.45) is 5.73 Å². The third-order valence-electron chi connectivity index (χ3n) is 2.56. The van der Waals surface area contributed by atoms with Crippen molar-refractivity contribution in [1.29, 1.82) is 0 Å². The molecule has 2 N–H and O–H groups in total. The minimum absolute atomic E-state index is 0.189. The minimum atomic E-state index is 0.189. The molecule has 0 amide bonds. The Kier molecular flexibility index (Phi) is 6.50. The molecular weight excluding hydrogens is 216 g/mol. The van der Waals surface area contributed by atoms with Crippen molar-refractivity contribution in [3.05, 3.63) is 30.1 Å². The zero-order valence-electron chi connectivity index (χ0n) is 10.2. The van der Waals surface area contributed by atoms with Gasteiger partial charge in [-0.3, -0.25) is 4.98 Å². The normalized spacial score (nSPS) is 14.7. The van der Waals surface area contributed by atoms with E-state index in [-0.39, 0.29) is 6.04 Å². The molecule has 3 heteroatoms. The number of aromatic nitrogens is 1. The van der Waals surface area contributed by atoms with Gasteiger partial charge in [-0.15, -0.1) is 0 Å². The van der Waals surface area contributed by atoms with Gasteiger partial charge in [-0.05, 0) is 36.8 Å². The summed E-state index contributed by atoms with van der Waals surface area (Å²) in [4.78, 5) is 4.05. The van der Waals surface area contributed by atoms with Gasteiger partial charge in [0.15, 0.2) is 0 Å². The second-order valence-corrected chi connectivity index (χ2v) is 5.39. The van der Waals surface area contributed by atoms with Crippen molar-refractivity contribution in [3.63, 3.8) is 0 Å². The van der Waals surface area contributed by atoms with Crippen LogP contribution in [-0.2, 0) is 0 Å². The largest absolute Gasteiger partial charge is 0.327 e. The van der Waals surface area contributed by atoms with Crippen molar-refractivity contribution >= 4 is 11.8 Å². The van der Waals surface area contributed by atoms with E-state index in [0.29, 0.717) is 5.25 Å². The Balaban J connectivity index is 2.49. The number of nitrogens with zero attached hydrogens (tertiary/aromatic N) is 1. The predicted octanol–water partition coefficient (Wildman–Crippen LogP) is 3.39. The highest BCUT2D eigenvalue weighted by Gasteiger charge is 2.15. The van der Waals surface area contributed by atoms with Gasteiger partial charge >= 0.3 is 0 Å². The molecule has 1 rings (SSSR count). The van der Waals surface area contributed by atoms with E-state index in [4.69, 9.17) is 5.73 Å². The van der Waals surface area contributed by atoms with Crippen molar-refractivity contribution < 1.29 is 0 Å². The lowest BCUT2D eigenvalue weighted by Gasteiger charge is -2.20. The van der Waals surface area contributed by atoms with E-state index >= 15 is 0 Å². The molecule has 90 valence electrons. The third-order valence-corrected chi connectivity index (χ3v) is 4.14. The maximum Gasteiger partial charge on any atom is 0.0446 e. The summed E-state index contributed by atoms with van der Waals surface area (Å²) < 4.78 is 0. The van der Waals surface area contributed by atoms with Crippen LogP contribution in [0.3, 0.4) is 0 Å². The smallest absolute Gasteiger partial charge is 0.0446 e. The molecule has 0 saturated carbocycles. The number of pyridine rings is 1. The average molecular weight is 238 g/mol. The van der Waals surface area contributed by atoms with Crippen LogP contribution in [0.5, 0.6) is 0 Å². The summed E-state index contributed by atoms with van der Waals surface area (Å²) in [5, 5.41) is 0.403. The molecule has 0 radical (unpaired) electrons. The van der Waals surface area contributed by atoms with Gasteiger partial charge in [0.2, 0.25) is 0 Å². The van der Waals surface area contributed by atoms with Crippen LogP contribution >= 0.6 is 11.8 Å². The average Bonchev–Trinajstić information content (AvgIpc) is 2.30. The summed E-state index contributed by atoms with van der Waals surface area (Å²) >= 11 is 1.97. The Hall–Kier alpha value is -0.540. The summed E-state index contributed by atoms with van der Waals surface area (Å²) in [7, 11) is 0. The maximum absolute atomic E-state index is 6.04. The van der Waals surface area contributed by atoms with Crippen molar-refractivity contribution in [2.75, 3.05) is 5.75 Å². The first kappa shape index (κ1) is 13.5. The van der Waals surface area contributed by atoms with Crippen molar-refractivity contribution in [1.82, 2.24) is 4.98 Å². The number of hydrogen-bond acceptors (Lipinski definition) is 3. The Labute approximate surface area is 103 Å². The van der Waals surface area contributed by atoms with Gasteiger partial charge in [-0.1, -0.05) is 19.8 Å². The molecule has 2 unspecified atom stereocenters. The van der Waals surface area contributed by atoms with E-state index in [1.807, 2.05) is 24.2 Å². The molecule has 0 aliphatic carbocycles. The van der Waals surface area contributed by atoms with Gasteiger partial charge in [0.05, 0.1) is 0 Å². The highest BCUT2D eigenvalue weighted by molar-refractivity contribution is 7.99. The molecule has 0 aromatic carbocycles. The van der Waals surface area contributed by atoms with Crippen LogP contribution in [0, 0.1) is 0 Å². The topological polar surface area (TPSA) is 38.9 Å². The highest BCUT2D eigenvalue weighted by Crippen LogP contribution is 2.31. The van der Waals surface area contributed by atoms with Crippen LogP contribution in [0.1, 0.15) is 43.9 Å². The monoisotopic (exact) mass is 238 g/mol. The van der Waals surface area contributed by atoms with Gasteiger partial charge in [0, 0.05) is 23.7 Å². The molecule has 0 aliphatic heterocycles. The van der Waals surface area contributed by atoms with Crippen LogP contribution in [0.4, 0.5) is 0 Å². The van der Waals surface area contributed by atoms with Crippen LogP contribution in [-0.4, -0.2) is 16.8 Å². The van der Waals surface area contributed by atoms with Crippen LogP contribution < -0.4 is 5.73 Å². The Morgan fingerprint density at radius 3 is 2.56 bits per heavy atom. The zero-order valence-corrected chi connectivity index (χ0v) is 11.0. The van der Waals surface area contributed by atoms with E-state index in [0.717, 1.165) is 0 Å². The zero-order chi connectivity index (χ0) is 11.8. The van der Waals surface area contributed by atoms with Gasteiger partial charge in [-0.2, -0.15) is 11.8 Å². The Morgan fingerprint density at radius 1 is 1.31 bits per heavy atom. The molecule has 2 atom stereocenters. The molecule has 0 saturated heterocycles. The SMILES string of the molecule is CCCCCSC(c1ccncc1)C(C)N. The lowest BCUT2D eigenvalue weighted by molar-refractivity contribution is 0.715. The standard InChI is InChI=1S/C13H22N2S/c1-3-4-5-10-16-13(11(2)14)12-6-8-15-9-7-12/h6-9,11,13H,3-5,10,14H2,1-2H3. The molecule has 0 spiro atoms. The Bertz CT molecular complexity index is 275. The lowest BCUT2D eigenvalue weighted by Crippen LogP contribution is -2.22. The van der Waals surface area contributed by atoms with E-state index in [9.17, 15) is 0 Å². The van der Waals surface area contributed by atoms with E-state index in [1.165, 1.54) is 30.6 Å². The third kappa shape index (κ3) is 4.54. The van der Waals surface area contributed by atoms with Gasteiger partial charge in [-0.25, -0.2) is 0 Å². The Morgan fingerprint density at radius 2 is 2.00 bits per heavy atom. The second-order valence-electron chi connectivity index (χ2n) is 4.14. The molecule has 0 aliphatic rings. The first-order valence-corrected chi connectivity index (χ1v) is 7.07. The maximum atomic E-state index is 6.04. The number of unbranched alkanes of at least 4 members (excludes halogenated alkanes) is 2. The number of hydrogen-bond donors (Lipinski definition) is 1. The van der Waals surface area contributed by atoms with E-state index in [1.54, 1.807) is 0 Å². The molecule has 0 fully saturated rings. The predicted molar refractivity (Wildman–Crippen MR) is 72.6 cm³/mol. The molecule has 1 aromatic heterocycles. The number of rotatable bonds is 7. The van der Waals surface area contributed by atoms with Crippen LogP contribution in [0.15, 0.2) is 24.5 Å². The lowest BCUT2D eigenvalue weighted by atomic mass is 10.1. The highest BCUT2D eigenvalue weighted by atomic mass is 32.2. The first-order valence-electron chi connectivity index (χ1n) is 6.02. The van der Waals surface area contributed by atoms with Crippen LogP contribution in [0.2, 0.25) is 0 Å². The quantitative estimate of drug-likeness (QED) is 0.740. The van der Waals surface area contributed by atoms with Crippen LogP contribution in [0.25, 0.3) is 0 Å². The minimum Gasteiger partial charge on any atom is -0.327 e. The van der Waals surface area contributed by atoms with Gasteiger partial charge in [0.25, 0.3) is 0 Å². The van der Waals surface area contributed by atoms with Gasteiger partial charge in [0.1, 0.15) is 0 Å². The summed E-state index contributed by atoms with van der Waals surface area (Å²) in [6, 6.07) is 4.33. The molecule has 16 heavy (non-hydrogen) atoms. The molecule has 0 bridgehead atoms. The first-order chi connectivity index (χ1) is 7.75. The molecule has 1 heterocycles. The fourth-order valence-corrected chi connectivity index (χ4v) is 2.94. The number of thioether (sulfide) groups is 1.